The number of hydrogen-bond donors (Lipinski definition) is 0. The molecule has 0 aliphatic heterocycles. The molecule has 0 aromatic carbocycles. The Labute approximate surface area is 171 Å². The predicted molar refractivity (Wildman–Crippen MR) is 116 cm³/mol. The van der Waals surface area contributed by atoms with Gasteiger partial charge >= 0.3 is 0 Å². The van der Waals surface area contributed by atoms with Crippen LogP contribution in [0.2, 0.25) is 0 Å². The monoisotopic (exact) mass is 531 g/mol. The minimum absolute atomic E-state index is 1.02. The van der Waals surface area contributed by atoms with Crippen molar-refractivity contribution in [3.05, 3.63) is 82.5 Å². The molecule has 2 saturated carbocycles. The third-order valence-corrected chi connectivity index (χ3v) is 4.91. The Morgan fingerprint density at radius 3 is 1.70 bits per heavy atom. The van der Waals surface area contributed by atoms with Gasteiger partial charge in [-0.25, -0.2) is 0 Å². The van der Waals surface area contributed by atoms with Crippen molar-refractivity contribution in [2.45, 2.75) is 19.8 Å². The molecule has 0 bridgehead atoms. The van der Waals surface area contributed by atoms with E-state index in [2.05, 4.69) is 121 Å². The van der Waals surface area contributed by atoms with Crippen LogP contribution < -0.4 is 0 Å². The lowest BCUT2D eigenvalue weighted by Gasteiger charge is -2.22. The van der Waals surface area contributed by atoms with E-state index in [-0.39, 0.29) is 0 Å². The molecular weight excluding hydrogens is 508 g/mol. The fourth-order valence-electron chi connectivity index (χ4n) is 2.45. The van der Waals surface area contributed by atoms with Gasteiger partial charge in [0.15, 0.2) is 0 Å². The highest BCUT2D eigenvalue weighted by atomic mass is 127. The molecule has 0 atom stereocenters. The molecule has 122 valence electrons. The number of nitrogens with zero attached hydrogens (tertiary/aromatic N) is 1. The highest BCUT2D eigenvalue weighted by Gasteiger charge is 2.17. The first kappa shape index (κ1) is 20.2. The van der Waals surface area contributed by atoms with Gasteiger partial charge in [-0.05, 0) is 110 Å². The highest BCUT2D eigenvalue weighted by Crippen LogP contribution is 2.29. The molecule has 0 aromatic heterocycles. The minimum atomic E-state index is 1.02. The van der Waals surface area contributed by atoms with Crippen molar-refractivity contribution < 1.29 is 0 Å². The molecule has 2 rings (SSSR count). The van der Waals surface area contributed by atoms with Crippen LogP contribution in [0.3, 0.4) is 0 Å². The smallest absolute Gasteiger partial charge is 0.0292 e. The largest absolute Gasteiger partial charge is 0.294 e. The fourth-order valence-corrected chi connectivity index (χ4v) is 4.13. The minimum Gasteiger partial charge on any atom is -0.294 e. The van der Waals surface area contributed by atoms with Crippen molar-refractivity contribution >= 4 is 45.2 Å². The zero-order valence-electron chi connectivity index (χ0n) is 13.5. The summed E-state index contributed by atoms with van der Waals surface area (Å²) in [6.07, 6.45) is 24.1. The van der Waals surface area contributed by atoms with Gasteiger partial charge in [0, 0.05) is 32.1 Å². The molecule has 0 N–H and O–H groups in total. The molecule has 0 aromatic rings. The van der Waals surface area contributed by atoms with Crippen molar-refractivity contribution in [2.24, 2.45) is 0 Å². The molecule has 10 radical (unpaired) electrons. The average molecular weight is 531 g/mol. The lowest BCUT2D eigenvalue weighted by Crippen LogP contribution is -2.27. The summed E-state index contributed by atoms with van der Waals surface area (Å²) in [5.74, 6) is 2.60. The normalized spacial score (nSPS) is 21.7. The van der Waals surface area contributed by atoms with Crippen LogP contribution in [-0.2, 0) is 0 Å². The van der Waals surface area contributed by atoms with Gasteiger partial charge in [0.1, 0.15) is 0 Å². The zero-order valence-corrected chi connectivity index (χ0v) is 17.8. The second-order valence-corrected chi connectivity index (χ2v) is 8.45. The Balaban J connectivity index is 1.86. The highest BCUT2D eigenvalue weighted by molar-refractivity contribution is 14.1. The summed E-state index contributed by atoms with van der Waals surface area (Å²) < 4.78 is 2.78. The third kappa shape index (κ3) is 8.21. The van der Waals surface area contributed by atoms with Gasteiger partial charge in [-0.3, -0.25) is 4.90 Å². The number of hydrogen-bond acceptors (Lipinski definition) is 1. The number of rotatable bonds is 9. The Morgan fingerprint density at radius 1 is 0.870 bits per heavy atom. The number of unbranched alkanes of at least 4 members (excludes halogenated alkanes) is 1. The molecule has 3 heteroatoms. The number of allylic oxidation sites excluding steroid dienone is 2. The molecular formula is C20H23I2N. The maximum Gasteiger partial charge on any atom is 0.0292 e. The summed E-state index contributed by atoms with van der Waals surface area (Å²) in [5, 5.41) is 0. The van der Waals surface area contributed by atoms with Crippen LogP contribution in [-0.4, -0.2) is 24.5 Å². The first-order chi connectivity index (χ1) is 11.2. The third-order valence-electron chi connectivity index (χ3n) is 3.60. The quantitative estimate of drug-likeness (QED) is 0.354. The standard InChI is InChI=1S/C20H23I2N/c1-2-3-12-23(15-19(21)13-17-8-4-5-9-17)16-20(22)14-18-10-6-7-11-18/h4-11,13-14H,2-3,12,15-16H2,1H3/b19-13-,20-14-. The van der Waals surface area contributed by atoms with Crippen LogP contribution in [0.25, 0.3) is 0 Å². The molecule has 2 fully saturated rings. The molecule has 2 aliphatic rings. The summed E-state index contributed by atoms with van der Waals surface area (Å²) >= 11 is 4.95. The summed E-state index contributed by atoms with van der Waals surface area (Å²) in [4.78, 5) is 2.55. The Hall–Kier alpha value is 0.900. The molecule has 0 amide bonds. The van der Waals surface area contributed by atoms with Crippen molar-refractivity contribution in [3.8, 4) is 0 Å². The van der Waals surface area contributed by atoms with Gasteiger partial charge in [0.05, 0.1) is 0 Å². The van der Waals surface area contributed by atoms with Gasteiger partial charge in [-0.2, -0.15) is 0 Å². The van der Waals surface area contributed by atoms with E-state index >= 15 is 0 Å². The first-order valence-electron chi connectivity index (χ1n) is 8.05. The topological polar surface area (TPSA) is 3.24 Å². The van der Waals surface area contributed by atoms with E-state index in [1.54, 1.807) is 0 Å². The second-order valence-electron chi connectivity index (χ2n) is 5.68. The first-order valence-corrected chi connectivity index (χ1v) is 10.2. The maximum absolute atomic E-state index is 2.55. The van der Waals surface area contributed by atoms with E-state index in [9.17, 15) is 0 Å². The number of halogens is 2. The van der Waals surface area contributed by atoms with Gasteiger partial charge in [-0.1, -0.05) is 25.5 Å². The van der Waals surface area contributed by atoms with Gasteiger partial charge < -0.3 is 0 Å². The zero-order chi connectivity index (χ0) is 16.5. The van der Waals surface area contributed by atoms with Gasteiger partial charge in [0.2, 0.25) is 0 Å². The van der Waals surface area contributed by atoms with E-state index in [1.165, 1.54) is 31.8 Å². The molecule has 2 aliphatic carbocycles. The summed E-state index contributed by atoms with van der Waals surface area (Å²) in [5.41, 5.74) is 0. The molecule has 23 heavy (non-hydrogen) atoms. The lowest BCUT2D eigenvalue weighted by atomic mass is 10.1. The van der Waals surface area contributed by atoms with Crippen molar-refractivity contribution in [1.82, 2.24) is 4.90 Å². The van der Waals surface area contributed by atoms with E-state index in [0.29, 0.717) is 0 Å². The van der Waals surface area contributed by atoms with Crippen molar-refractivity contribution in [3.63, 3.8) is 0 Å². The van der Waals surface area contributed by atoms with Gasteiger partial charge in [0.25, 0.3) is 0 Å². The molecule has 0 heterocycles. The maximum atomic E-state index is 2.55. The van der Waals surface area contributed by atoms with E-state index in [0.717, 1.165) is 19.6 Å². The van der Waals surface area contributed by atoms with E-state index < -0.39 is 0 Å². The fraction of sp³-hybridized carbons (Fsp3) is 0.300. The van der Waals surface area contributed by atoms with Crippen molar-refractivity contribution in [2.75, 3.05) is 19.6 Å². The molecule has 0 saturated heterocycles. The van der Waals surface area contributed by atoms with Crippen LogP contribution in [0.15, 0.2) is 19.3 Å². The molecule has 1 nitrogen and oxygen atoms in total. The van der Waals surface area contributed by atoms with E-state index in [4.69, 9.17) is 0 Å². The van der Waals surface area contributed by atoms with Crippen LogP contribution in [0, 0.1) is 63.2 Å². The summed E-state index contributed by atoms with van der Waals surface area (Å²) in [7, 11) is 0. The van der Waals surface area contributed by atoms with Crippen LogP contribution in [0.4, 0.5) is 0 Å². The molecule has 0 spiro atoms. The second kappa shape index (κ2) is 11.5. The lowest BCUT2D eigenvalue weighted by molar-refractivity contribution is 0.326. The van der Waals surface area contributed by atoms with E-state index in [1.807, 2.05) is 0 Å². The van der Waals surface area contributed by atoms with Crippen LogP contribution in [0.1, 0.15) is 19.8 Å². The average Bonchev–Trinajstić information content (AvgIpc) is 3.18. The van der Waals surface area contributed by atoms with Crippen LogP contribution >= 0.6 is 45.2 Å². The van der Waals surface area contributed by atoms with Crippen LogP contribution in [0.5, 0.6) is 0 Å². The Morgan fingerprint density at radius 2 is 1.30 bits per heavy atom. The summed E-state index contributed by atoms with van der Waals surface area (Å²) in [6.45, 7) is 5.45. The van der Waals surface area contributed by atoms with Crippen molar-refractivity contribution in [1.29, 1.82) is 0 Å². The SMILES string of the molecule is CCCCN(C/C(I)=C/[C]1[CH][CH][CH][CH]1)C/C(I)=C/[C]1[CH][CH][CH][CH]1. The van der Waals surface area contributed by atoms with Gasteiger partial charge in [-0.15, -0.1) is 0 Å². The summed E-state index contributed by atoms with van der Waals surface area (Å²) in [6, 6.07) is 0. The predicted octanol–water partition coefficient (Wildman–Crippen LogP) is 5.54. The molecule has 0 unspecified atom stereocenters. The Bertz CT molecular complexity index is 356. The Kier molecular flexibility index (Phi) is 10.1.